The molecule has 8 heavy (non-hydrogen) atoms. The van der Waals surface area contributed by atoms with Crippen LogP contribution in [0.25, 0.3) is 0 Å². The van der Waals surface area contributed by atoms with E-state index >= 15 is 0 Å². The molecule has 0 amide bonds. The topological polar surface area (TPSA) is 12.4 Å². The van der Waals surface area contributed by atoms with Crippen molar-refractivity contribution in [1.82, 2.24) is 0 Å². The SMILES string of the molecule is CN=CC1(C)CCC1. The van der Waals surface area contributed by atoms with E-state index in [1.165, 1.54) is 19.3 Å². The Kier molecular flexibility index (Phi) is 1.37. The summed E-state index contributed by atoms with van der Waals surface area (Å²) in [5, 5.41) is 0. The van der Waals surface area contributed by atoms with Crippen LogP contribution >= 0.6 is 0 Å². The van der Waals surface area contributed by atoms with Crippen LogP contribution in [0.15, 0.2) is 4.99 Å². The first-order valence-corrected chi connectivity index (χ1v) is 3.20. The Labute approximate surface area is 50.8 Å². The average molecular weight is 111 g/mol. The third kappa shape index (κ3) is 0.908. The van der Waals surface area contributed by atoms with E-state index in [0.717, 1.165) is 0 Å². The van der Waals surface area contributed by atoms with Crippen LogP contribution in [0.2, 0.25) is 0 Å². The molecule has 0 aromatic carbocycles. The lowest BCUT2D eigenvalue weighted by atomic mass is 9.71. The van der Waals surface area contributed by atoms with Gasteiger partial charge >= 0.3 is 0 Å². The third-order valence-electron chi connectivity index (χ3n) is 1.94. The highest BCUT2D eigenvalue weighted by molar-refractivity contribution is 5.66. The molecule has 0 aromatic rings. The Bertz CT molecular complexity index is 101. The first-order chi connectivity index (χ1) is 3.77. The fourth-order valence-electron chi connectivity index (χ4n) is 1.18. The quantitative estimate of drug-likeness (QED) is 0.458. The standard InChI is InChI=1S/C7H13N/c1-7(6-8-2)4-3-5-7/h6H,3-5H2,1-2H3. The van der Waals surface area contributed by atoms with Crippen molar-refractivity contribution >= 4 is 6.21 Å². The van der Waals surface area contributed by atoms with Crippen molar-refractivity contribution < 1.29 is 0 Å². The van der Waals surface area contributed by atoms with E-state index in [4.69, 9.17) is 0 Å². The summed E-state index contributed by atoms with van der Waals surface area (Å²) in [5.74, 6) is 0. The maximum Gasteiger partial charge on any atom is 0.0273 e. The largest absolute Gasteiger partial charge is 0.300 e. The van der Waals surface area contributed by atoms with Crippen LogP contribution in [-0.2, 0) is 0 Å². The van der Waals surface area contributed by atoms with E-state index in [2.05, 4.69) is 18.1 Å². The second-order valence-electron chi connectivity index (χ2n) is 2.89. The zero-order valence-corrected chi connectivity index (χ0v) is 5.65. The summed E-state index contributed by atoms with van der Waals surface area (Å²) in [6, 6.07) is 0. The van der Waals surface area contributed by atoms with Gasteiger partial charge in [-0.1, -0.05) is 13.3 Å². The molecule has 0 atom stereocenters. The number of rotatable bonds is 1. The predicted molar refractivity (Wildman–Crippen MR) is 36.4 cm³/mol. The Hall–Kier alpha value is -0.330. The summed E-state index contributed by atoms with van der Waals surface area (Å²) in [7, 11) is 1.85. The molecule has 0 aliphatic heterocycles. The molecule has 1 nitrogen and oxygen atoms in total. The summed E-state index contributed by atoms with van der Waals surface area (Å²) in [6.07, 6.45) is 6.15. The lowest BCUT2D eigenvalue weighted by Gasteiger charge is -2.34. The van der Waals surface area contributed by atoms with Crippen molar-refractivity contribution in [3.05, 3.63) is 0 Å². The zero-order chi connectivity index (χ0) is 6.04. The normalized spacial score (nSPS) is 25.8. The molecule has 0 unspecified atom stereocenters. The summed E-state index contributed by atoms with van der Waals surface area (Å²) >= 11 is 0. The van der Waals surface area contributed by atoms with Crippen LogP contribution in [0.1, 0.15) is 26.2 Å². The van der Waals surface area contributed by atoms with Gasteiger partial charge in [-0.3, -0.25) is 0 Å². The van der Waals surface area contributed by atoms with Crippen molar-refractivity contribution in [2.24, 2.45) is 10.4 Å². The van der Waals surface area contributed by atoms with Gasteiger partial charge in [0.1, 0.15) is 0 Å². The maximum atomic E-state index is 4.00. The first-order valence-electron chi connectivity index (χ1n) is 3.20. The Morgan fingerprint density at radius 3 is 2.25 bits per heavy atom. The van der Waals surface area contributed by atoms with Gasteiger partial charge in [-0.15, -0.1) is 0 Å². The van der Waals surface area contributed by atoms with Crippen LogP contribution in [0.5, 0.6) is 0 Å². The summed E-state index contributed by atoms with van der Waals surface area (Å²) in [4.78, 5) is 4.00. The summed E-state index contributed by atoms with van der Waals surface area (Å²) < 4.78 is 0. The van der Waals surface area contributed by atoms with Gasteiger partial charge < -0.3 is 4.99 Å². The molecule has 46 valence electrons. The van der Waals surface area contributed by atoms with Crippen molar-refractivity contribution in [2.75, 3.05) is 7.05 Å². The molecule has 0 N–H and O–H groups in total. The summed E-state index contributed by atoms with van der Waals surface area (Å²) in [5.41, 5.74) is 0.481. The van der Waals surface area contributed by atoms with Crippen molar-refractivity contribution in [2.45, 2.75) is 26.2 Å². The van der Waals surface area contributed by atoms with Gasteiger partial charge in [0.25, 0.3) is 0 Å². The monoisotopic (exact) mass is 111 g/mol. The van der Waals surface area contributed by atoms with Gasteiger partial charge in [0.05, 0.1) is 0 Å². The van der Waals surface area contributed by atoms with Gasteiger partial charge in [0.2, 0.25) is 0 Å². The molecule has 0 saturated heterocycles. The molecular weight excluding hydrogens is 98.1 g/mol. The zero-order valence-electron chi connectivity index (χ0n) is 5.65. The highest BCUT2D eigenvalue weighted by Gasteiger charge is 2.28. The minimum absolute atomic E-state index is 0.481. The van der Waals surface area contributed by atoms with Crippen LogP contribution < -0.4 is 0 Å². The van der Waals surface area contributed by atoms with Gasteiger partial charge in [0, 0.05) is 18.7 Å². The molecule has 1 saturated carbocycles. The number of hydrogen-bond acceptors (Lipinski definition) is 1. The van der Waals surface area contributed by atoms with Crippen molar-refractivity contribution in [1.29, 1.82) is 0 Å². The van der Waals surface area contributed by atoms with Gasteiger partial charge in [-0.25, -0.2) is 0 Å². The highest BCUT2D eigenvalue weighted by atomic mass is 14.7. The minimum atomic E-state index is 0.481. The highest BCUT2D eigenvalue weighted by Crippen LogP contribution is 2.38. The van der Waals surface area contributed by atoms with Crippen molar-refractivity contribution in [3.63, 3.8) is 0 Å². The Morgan fingerprint density at radius 2 is 2.12 bits per heavy atom. The minimum Gasteiger partial charge on any atom is -0.300 e. The molecule has 0 aromatic heterocycles. The van der Waals surface area contributed by atoms with E-state index in [1.807, 2.05) is 7.05 Å². The second kappa shape index (κ2) is 1.88. The molecule has 1 heteroatoms. The van der Waals surface area contributed by atoms with E-state index < -0.39 is 0 Å². The third-order valence-corrected chi connectivity index (χ3v) is 1.94. The fraction of sp³-hybridized carbons (Fsp3) is 0.857. The maximum absolute atomic E-state index is 4.00. The summed E-state index contributed by atoms with van der Waals surface area (Å²) in [6.45, 7) is 2.27. The Balaban J connectivity index is 2.41. The fourth-order valence-corrected chi connectivity index (χ4v) is 1.18. The lowest BCUT2D eigenvalue weighted by molar-refractivity contribution is 0.270. The second-order valence-corrected chi connectivity index (χ2v) is 2.89. The molecule has 0 heterocycles. The molecule has 0 radical (unpaired) electrons. The predicted octanol–water partition coefficient (Wildman–Crippen LogP) is 1.88. The Morgan fingerprint density at radius 1 is 1.50 bits per heavy atom. The average Bonchev–Trinajstić information content (AvgIpc) is 1.64. The van der Waals surface area contributed by atoms with Gasteiger partial charge in [-0.05, 0) is 12.8 Å². The van der Waals surface area contributed by atoms with Crippen LogP contribution in [0.4, 0.5) is 0 Å². The molecule has 1 aliphatic rings. The van der Waals surface area contributed by atoms with Gasteiger partial charge in [-0.2, -0.15) is 0 Å². The van der Waals surface area contributed by atoms with Crippen LogP contribution in [0, 0.1) is 5.41 Å². The van der Waals surface area contributed by atoms with Crippen LogP contribution in [0.3, 0.4) is 0 Å². The smallest absolute Gasteiger partial charge is 0.0273 e. The van der Waals surface area contributed by atoms with E-state index in [-0.39, 0.29) is 0 Å². The lowest BCUT2D eigenvalue weighted by Crippen LogP contribution is -2.26. The molecule has 1 rings (SSSR count). The molecule has 0 bridgehead atoms. The van der Waals surface area contributed by atoms with Crippen LogP contribution in [-0.4, -0.2) is 13.3 Å². The molecule has 1 aliphatic carbocycles. The number of nitrogens with zero attached hydrogens (tertiary/aromatic N) is 1. The first kappa shape index (κ1) is 5.80. The number of hydrogen-bond donors (Lipinski definition) is 0. The molecular formula is C7H13N. The van der Waals surface area contributed by atoms with E-state index in [9.17, 15) is 0 Å². The molecule has 0 spiro atoms. The molecule has 1 fully saturated rings. The van der Waals surface area contributed by atoms with Crippen molar-refractivity contribution in [3.8, 4) is 0 Å². The number of aliphatic imine (C=N–C) groups is 1. The van der Waals surface area contributed by atoms with E-state index in [0.29, 0.717) is 5.41 Å². The van der Waals surface area contributed by atoms with Gasteiger partial charge in [0.15, 0.2) is 0 Å². The van der Waals surface area contributed by atoms with E-state index in [1.54, 1.807) is 0 Å².